The molecule has 1 unspecified atom stereocenters. The fraction of sp³-hybridized carbons (Fsp3) is 0.294. The van der Waals surface area contributed by atoms with Crippen molar-refractivity contribution in [3.63, 3.8) is 0 Å². The monoisotopic (exact) mass is 534 g/mol. The predicted molar refractivity (Wildman–Crippen MR) is 158 cm³/mol. The van der Waals surface area contributed by atoms with Gasteiger partial charge in [0.15, 0.2) is 0 Å². The van der Waals surface area contributed by atoms with Gasteiger partial charge in [-0.2, -0.15) is 0 Å². The molecule has 6 heteroatoms. The number of carbonyl (C=O) groups is 1. The molecule has 1 N–H and O–H groups in total. The lowest BCUT2D eigenvalue weighted by molar-refractivity contribution is -0.124. The number of fused-ring (bicyclic) bond motifs is 3. The van der Waals surface area contributed by atoms with Gasteiger partial charge in [0.1, 0.15) is 11.6 Å². The van der Waals surface area contributed by atoms with E-state index in [2.05, 4.69) is 70.8 Å². The van der Waals surface area contributed by atoms with Gasteiger partial charge in [-0.25, -0.2) is 9.37 Å². The van der Waals surface area contributed by atoms with E-state index in [1.807, 2.05) is 26.1 Å². The fourth-order valence-corrected chi connectivity index (χ4v) is 6.04. The van der Waals surface area contributed by atoms with Crippen LogP contribution < -0.4 is 5.32 Å². The number of nitrogens with zero attached hydrogens (tertiary/aromatic N) is 3. The Morgan fingerprint density at radius 1 is 1.02 bits per heavy atom. The van der Waals surface area contributed by atoms with Gasteiger partial charge in [-0.15, -0.1) is 0 Å². The topological polar surface area (TPSA) is 51.9 Å². The van der Waals surface area contributed by atoms with Crippen LogP contribution in [0.3, 0.4) is 0 Å². The summed E-state index contributed by atoms with van der Waals surface area (Å²) >= 11 is 0. The maximum absolute atomic E-state index is 14.0. The minimum absolute atomic E-state index is 0.0445. The van der Waals surface area contributed by atoms with E-state index >= 15 is 0 Å². The van der Waals surface area contributed by atoms with Crippen LogP contribution in [0.2, 0.25) is 0 Å². The molecule has 1 aliphatic carbocycles. The third-order valence-electron chi connectivity index (χ3n) is 8.15. The Morgan fingerprint density at radius 2 is 1.80 bits per heavy atom. The van der Waals surface area contributed by atoms with E-state index in [0.717, 1.165) is 58.7 Å². The molecule has 0 spiro atoms. The Labute approximate surface area is 234 Å². The van der Waals surface area contributed by atoms with Gasteiger partial charge in [0.25, 0.3) is 0 Å². The average molecular weight is 535 g/mol. The molecule has 204 valence electrons. The van der Waals surface area contributed by atoms with Crippen molar-refractivity contribution in [2.24, 2.45) is 5.92 Å². The van der Waals surface area contributed by atoms with Crippen LogP contribution in [-0.4, -0.2) is 26.1 Å². The largest absolute Gasteiger partial charge is 0.353 e. The van der Waals surface area contributed by atoms with Gasteiger partial charge in [0.2, 0.25) is 5.91 Å². The third kappa shape index (κ3) is 4.83. The van der Waals surface area contributed by atoms with Crippen LogP contribution in [0, 0.1) is 25.6 Å². The first-order valence-corrected chi connectivity index (χ1v) is 14.1. The predicted octanol–water partition coefficient (Wildman–Crippen LogP) is 6.93. The van der Waals surface area contributed by atoms with E-state index < -0.39 is 0 Å². The first-order valence-electron chi connectivity index (χ1n) is 14.1. The molecule has 0 saturated carbocycles. The number of hydrogen-bond acceptors (Lipinski definition) is 2. The zero-order valence-corrected chi connectivity index (χ0v) is 23.5. The van der Waals surface area contributed by atoms with Crippen LogP contribution >= 0.6 is 0 Å². The number of aromatic nitrogens is 3. The van der Waals surface area contributed by atoms with E-state index in [9.17, 15) is 9.18 Å². The Morgan fingerprint density at radius 3 is 2.50 bits per heavy atom. The summed E-state index contributed by atoms with van der Waals surface area (Å²) in [6.07, 6.45) is 4.48. The van der Waals surface area contributed by atoms with Crippen molar-refractivity contribution in [3.05, 3.63) is 107 Å². The number of rotatable bonds is 6. The molecule has 0 fully saturated rings. The van der Waals surface area contributed by atoms with Crippen molar-refractivity contribution in [2.75, 3.05) is 0 Å². The summed E-state index contributed by atoms with van der Waals surface area (Å²) in [5.41, 5.74) is 9.10. The smallest absolute Gasteiger partial charge is 0.222 e. The molecular weight excluding hydrogens is 499 g/mol. The first kappa shape index (κ1) is 26.1. The molecule has 3 heterocycles. The van der Waals surface area contributed by atoms with E-state index in [4.69, 9.17) is 4.98 Å². The molecule has 2 aromatic carbocycles. The van der Waals surface area contributed by atoms with Crippen LogP contribution in [0.4, 0.5) is 4.39 Å². The van der Waals surface area contributed by atoms with Gasteiger partial charge in [-0.1, -0.05) is 32.0 Å². The highest BCUT2D eigenvalue weighted by Gasteiger charge is 2.27. The molecule has 0 radical (unpaired) electrons. The standard InChI is InChI=1S/C34H35FN4O/c1-21(2)34(40)37-28-12-14-32-30(18-28)29-17-25(10-13-31(29)38(32)20-24-6-5-7-27(35)16-24)26-11-15-33(36-19-26)39-22(3)8-9-23(39)4/h5-11,13,15-17,19,21,28H,12,14,18,20H2,1-4H3,(H,37,40). The molecule has 0 saturated heterocycles. The zero-order valence-electron chi connectivity index (χ0n) is 23.5. The van der Waals surface area contributed by atoms with Crippen molar-refractivity contribution in [1.29, 1.82) is 0 Å². The van der Waals surface area contributed by atoms with Crippen LogP contribution in [0.1, 0.15) is 48.5 Å². The Balaban J connectivity index is 1.40. The second-order valence-corrected chi connectivity index (χ2v) is 11.3. The molecule has 5 nitrogen and oxygen atoms in total. The number of aryl methyl sites for hydroxylation is 2. The third-order valence-corrected chi connectivity index (χ3v) is 8.15. The molecule has 0 bridgehead atoms. The molecule has 40 heavy (non-hydrogen) atoms. The summed E-state index contributed by atoms with van der Waals surface area (Å²) in [5.74, 6) is 0.740. The summed E-state index contributed by atoms with van der Waals surface area (Å²) in [6, 6.07) is 21.9. The maximum atomic E-state index is 14.0. The molecule has 1 atom stereocenters. The van der Waals surface area contributed by atoms with Crippen molar-refractivity contribution >= 4 is 16.8 Å². The second kappa shape index (κ2) is 10.4. The van der Waals surface area contributed by atoms with Gasteiger partial charge in [0, 0.05) is 58.2 Å². The van der Waals surface area contributed by atoms with E-state index in [0.29, 0.717) is 6.54 Å². The van der Waals surface area contributed by atoms with E-state index in [-0.39, 0.29) is 23.7 Å². The molecule has 6 rings (SSSR count). The van der Waals surface area contributed by atoms with Crippen LogP contribution in [-0.2, 0) is 24.2 Å². The Bertz CT molecular complexity index is 1690. The van der Waals surface area contributed by atoms with E-state index in [1.54, 1.807) is 12.1 Å². The fourth-order valence-electron chi connectivity index (χ4n) is 6.04. The highest BCUT2D eigenvalue weighted by Crippen LogP contribution is 2.36. The van der Waals surface area contributed by atoms with Crippen molar-refractivity contribution < 1.29 is 9.18 Å². The quantitative estimate of drug-likeness (QED) is 0.257. The normalized spacial score (nSPS) is 15.0. The van der Waals surface area contributed by atoms with Crippen molar-refractivity contribution in [2.45, 2.75) is 59.5 Å². The summed E-state index contributed by atoms with van der Waals surface area (Å²) in [7, 11) is 0. The Kier molecular flexibility index (Phi) is 6.78. The Hall–Kier alpha value is -4.19. The number of carbonyl (C=O) groups excluding carboxylic acids is 1. The summed E-state index contributed by atoms with van der Waals surface area (Å²) in [5, 5.41) is 4.44. The summed E-state index contributed by atoms with van der Waals surface area (Å²) < 4.78 is 18.5. The molecule has 0 aliphatic heterocycles. The van der Waals surface area contributed by atoms with Crippen LogP contribution in [0.15, 0.2) is 72.9 Å². The van der Waals surface area contributed by atoms with Crippen LogP contribution in [0.25, 0.3) is 27.8 Å². The number of hydrogen-bond donors (Lipinski definition) is 1. The number of benzene rings is 2. The minimum Gasteiger partial charge on any atom is -0.353 e. The first-order chi connectivity index (χ1) is 19.3. The molecule has 1 amide bonds. The molecular formula is C34H35FN4O. The number of nitrogens with one attached hydrogen (secondary N) is 1. The van der Waals surface area contributed by atoms with Crippen LogP contribution in [0.5, 0.6) is 0 Å². The number of amides is 1. The minimum atomic E-state index is -0.220. The van der Waals surface area contributed by atoms with Gasteiger partial charge < -0.3 is 14.5 Å². The molecule has 1 aliphatic rings. The van der Waals surface area contributed by atoms with E-state index in [1.165, 1.54) is 22.7 Å². The lowest BCUT2D eigenvalue weighted by Gasteiger charge is -2.26. The second-order valence-electron chi connectivity index (χ2n) is 11.3. The van der Waals surface area contributed by atoms with Gasteiger partial charge >= 0.3 is 0 Å². The molecule has 3 aromatic heterocycles. The average Bonchev–Trinajstić information content (AvgIpc) is 3.44. The zero-order chi connectivity index (χ0) is 28.0. The highest BCUT2D eigenvalue weighted by molar-refractivity contribution is 5.90. The number of pyridine rings is 1. The number of halogens is 1. The highest BCUT2D eigenvalue weighted by atomic mass is 19.1. The summed E-state index contributed by atoms with van der Waals surface area (Å²) in [4.78, 5) is 17.3. The van der Waals surface area contributed by atoms with Gasteiger partial charge in [-0.05, 0) is 98.3 Å². The van der Waals surface area contributed by atoms with Crippen molar-refractivity contribution in [3.8, 4) is 16.9 Å². The lowest BCUT2D eigenvalue weighted by Crippen LogP contribution is -2.41. The van der Waals surface area contributed by atoms with Crippen molar-refractivity contribution in [1.82, 2.24) is 19.4 Å². The molecule has 5 aromatic rings. The SMILES string of the molecule is Cc1ccc(C)n1-c1ccc(-c2ccc3c(c2)c2c(n3Cc3cccc(F)c3)CCC(NC(=O)C(C)C)C2)cn1. The maximum Gasteiger partial charge on any atom is 0.222 e. The van der Waals surface area contributed by atoms with Gasteiger partial charge in [0.05, 0.1) is 0 Å². The lowest BCUT2D eigenvalue weighted by atomic mass is 9.90. The van der Waals surface area contributed by atoms with Gasteiger partial charge in [-0.3, -0.25) is 4.79 Å². The summed E-state index contributed by atoms with van der Waals surface area (Å²) in [6.45, 7) is 8.64.